The first-order chi connectivity index (χ1) is 9.21. The van der Waals surface area contributed by atoms with Gasteiger partial charge in [0.1, 0.15) is 0 Å². The van der Waals surface area contributed by atoms with Crippen LogP contribution in [0, 0.1) is 5.41 Å². The molecule has 0 radical (unpaired) electrons. The van der Waals surface area contributed by atoms with E-state index in [-0.39, 0.29) is 5.41 Å². The third-order valence-electron chi connectivity index (χ3n) is 5.02. The van der Waals surface area contributed by atoms with Crippen LogP contribution in [0.15, 0.2) is 24.3 Å². The maximum absolute atomic E-state index is 6.15. The minimum atomic E-state index is 0.267. The Morgan fingerprint density at radius 1 is 1.26 bits per heavy atom. The van der Waals surface area contributed by atoms with E-state index in [1.807, 2.05) is 0 Å². The molecule has 19 heavy (non-hydrogen) atoms. The normalized spacial score (nSPS) is 34.2. The van der Waals surface area contributed by atoms with Gasteiger partial charge in [0.25, 0.3) is 0 Å². The van der Waals surface area contributed by atoms with E-state index in [4.69, 9.17) is 10.5 Å². The zero-order valence-electron chi connectivity index (χ0n) is 11.9. The van der Waals surface area contributed by atoms with Crippen molar-refractivity contribution in [2.24, 2.45) is 11.1 Å². The molecule has 2 N–H and O–H groups in total. The van der Waals surface area contributed by atoms with Gasteiger partial charge in [-0.3, -0.25) is 0 Å². The number of nitrogens with two attached hydrogens (primary N) is 1. The Morgan fingerprint density at radius 2 is 2.05 bits per heavy atom. The molecule has 1 aromatic carbocycles. The summed E-state index contributed by atoms with van der Waals surface area (Å²) in [4.78, 5) is 0. The summed E-state index contributed by atoms with van der Waals surface area (Å²) in [6, 6.07) is 8.84. The third-order valence-corrected chi connectivity index (χ3v) is 5.02. The van der Waals surface area contributed by atoms with Crippen molar-refractivity contribution < 1.29 is 4.74 Å². The van der Waals surface area contributed by atoms with E-state index in [0.717, 1.165) is 19.4 Å². The standard InChI is InChI=1S/C17H25NO/c1-13-6-7-16(19-13)11-17(12-18)9-8-14-4-2-3-5-15(14)10-17/h2-5,13,16H,6-12,18H2,1H3. The average molecular weight is 259 g/mol. The predicted octanol–water partition coefficient (Wildman–Crippen LogP) is 3.08. The van der Waals surface area contributed by atoms with Crippen molar-refractivity contribution >= 4 is 0 Å². The highest BCUT2D eigenvalue weighted by Crippen LogP contribution is 2.41. The van der Waals surface area contributed by atoms with Crippen LogP contribution in [0.5, 0.6) is 0 Å². The van der Waals surface area contributed by atoms with E-state index >= 15 is 0 Å². The first-order valence-electron chi connectivity index (χ1n) is 7.63. The first-order valence-corrected chi connectivity index (χ1v) is 7.63. The van der Waals surface area contributed by atoms with Crippen LogP contribution in [0.25, 0.3) is 0 Å². The van der Waals surface area contributed by atoms with Crippen LogP contribution in [-0.4, -0.2) is 18.8 Å². The van der Waals surface area contributed by atoms with Crippen LogP contribution in [0.1, 0.15) is 43.7 Å². The van der Waals surface area contributed by atoms with E-state index in [1.54, 1.807) is 0 Å². The molecule has 1 aliphatic heterocycles. The first kappa shape index (κ1) is 13.1. The zero-order chi connectivity index (χ0) is 13.3. The molecule has 1 aliphatic carbocycles. The minimum absolute atomic E-state index is 0.267. The molecule has 2 heteroatoms. The third kappa shape index (κ3) is 2.70. The summed E-state index contributed by atoms with van der Waals surface area (Å²) in [6.07, 6.45) is 7.96. The largest absolute Gasteiger partial charge is 0.375 e. The molecule has 1 fully saturated rings. The quantitative estimate of drug-likeness (QED) is 0.905. The summed E-state index contributed by atoms with van der Waals surface area (Å²) in [5, 5.41) is 0. The summed E-state index contributed by atoms with van der Waals surface area (Å²) in [5.74, 6) is 0. The van der Waals surface area contributed by atoms with Crippen molar-refractivity contribution in [1.29, 1.82) is 0 Å². The Labute approximate surface area is 116 Å². The van der Waals surface area contributed by atoms with Gasteiger partial charge in [0, 0.05) is 0 Å². The molecule has 0 amide bonds. The lowest BCUT2D eigenvalue weighted by atomic mass is 9.68. The van der Waals surface area contributed by atoms with Crippen molar-refractivity contribution in [3.8, 4) is 0 Å². The van der Waals surface area contributed by atoms with Gasteiger partial charge in [0.2, 0.25) is 0 Å². The molecule has 0 saturated carbocycles. The number of ether oxygens (including phenoxy) is 1. The highest BCUT2D eigenvalue weighted by molar-refractivity contribution is 5.31. The number of hydrogen-bond donors (Lipinski definition) is 1. The van der Waals surface area contributed by atoms with E-state index in [2.05, 4.69) is 31.2 Å². The average Bonchev–Trinajstić information content (AvgIpc) is 2.84. The molecular formula is C17H25NO. The molecule has 0 aromatic heterocycles. The highest BCUT2D eigenvalue weighted by atomic mass is 16.5. The van der Waals surface area contributed by atoms with Crippen LogP contribution < -0.4 is 5.73 Å². The SMILES string of the molecule is CC1CCC(CC2(CN)CCc3ccccc3C2)O1. The number of benzene rings is 1. The van der Waals surface area contributed by atoms with Crippen LogP contribution in [-0.2, 0) is 17.6 Å². The molecular weight excluding hydrogens is 234 g/mol. The Hall–Kier alpha value is -0.860. The lowest BCUT2D eigenvalue weighted by molar-refractivity contribution is 0.0194. The lowest BCUT2D eigenvalue weighted by Crippen LogP contribution is -2.39. The van der Waals surface area contributed by atoms with Gasteiger partial charge in [-0.1, -0.05) is 24.3 Å². The molecule has 1 heterocycles. The Balaban J connectivity index is 1.74. The number of hydrogen-bond acceptors (Lipinski definition) is 2. The minimum Gasteiger partial charge on any atom is -0.375 e. The molecule has 1 saturated heterocycles. The topological polar surface area (TPSA) is 35.2 Å². The predicted molar refractivity (Wildman–Crippen MR) is 78.1 cm³/mol. The highest BCUT2D eigenvalue weighted by Gasteiger charge is 2.37. The number of rotatable bonds is 3. The van der Waals surface area contributed by atoms with Gasteiger partial charge in [-0.2, -0.15) is 0 Å². The maximum Gasteiger partial charge on any atom is 0.0585 e. The van der Waals surface area contributed by atoms with Gasteiger partial charge in [-0.25, -0.2) is 0 Å². The number of fused-ring (bicyclic) bond motifs is 1. The van der Waals surface area contributed by atoms with Gasteiger partial charge in [-0.15, -0.1) is 0 Å². The smallest absolute Gasteiger partial charge is 0.0585 e. The fourth-order valence-corrected chi connectivity index (χ4v) is 3.82. The molecule has 3 rings (SSSR count). The second kappa shape index (κ2) is 5.26. The second-order valence-electron chi connectivity index (χ2n) is 6.50. The summed E-state index contributed by atoms with van der Waals surface area (Å²) in [5.41, 5.74) is 9.45. The summed E-state index contributed by atoms with van der Waals surface area (Å²) in [7, 11) is 0. The number of aryl methyl sites for hydroxylation is 1. The van der Waals surface area contributed by atoms with E-state index in [0.29, 0.717) is 12.2 Å². The van der Waals surface area contributed by atoms with E-state index < -0.39 is 0 Å². The van der Waals surface area contributed by atoms with Crippen molar-refractivity contribution in [2.45, 2.75) is 57.7 Å². The van der Waals surface area contributed by atoms with Crippen LogP contribution in [0.4, 0.5) is 0 Å². The molecule has 0 bridgehead atoms. The molecule has 3 atom stereocenters. The Bertz CT molecular complexity index is 445. The Morgan fingerprint density at radius 3 is 2.74 bits per heavy atom. The van der Waals surface area contributed by atoms with Crippen molar-refractivity contribution in [1.82, 2.24) is 0 Å². The van der Waals surface area contributed by atoms with Gasteiger partial charge in [-0.05, 0) is 68.5 Å². The molecule has 2 aliphatic rings. The molecule has 3 unspecified atom stereocenters. The maximum atomic E-state index is 6.15. The summed E-state index contributed by atoms with van der Waals surface area (Å²) < 4.78 is 6.02. The van der Waals surface area contributed by atoms with Gasteiger partial charge in [0.05, 0.1) is 12.2 Å². The van der Waals surface area contributed by atoms with E-state index in [1.165, 1.54) is 36.8 Å². The van der Waals surface area contributed by atoms with Crippen molar-refractivity contribution in [3.63, 3.8) is 0 Å². The van der Waals surface area contributed by atoms with Crippen LogP contribution in [0.3, 0.4) is 0 Å². The zero-order valence-corrected chi connectivity index (χ0v) is 11.9. The van der Waals surface area contributed by atoms with Crippen molar-refractivity contribution in [3.05, 3.63) is 35.4 Å². The van der Waals surface area contributed by atoms with E-state index in [9.17, 15) is 0 Å². The monoisotopic (exact) mass is 259 g/mol. The molecule has 2 nitrogen and oxygen atoms in total. The summed E-state index contributed by atoms with van der Waals surface area (Å²) in [6.45, 7) is 2.97. The van der Waals surface area contributed by atoms with Crippen LogP contribution in [0.2, 0.25) is 0 Å². The molecule has 104 valence electrons. The fourth-order valence-electron chi connectivity index (χ4n) is 3.82. The fraction of sp³-hybridized carbons (Fsp3) is 0.647. The molecule has 0 spiro atoms. The van der Waals surface area contributed by atoms with Crippen LogP contribution >= 0.6 is 0 Å². The second-order valence-corrected chi connectivity index (χ2v) is 6.50. The molecule has 1 aromatic rings. The lowest BCUT2D eigenvalue weighted by Gasteiger charge is -2.39. The van der Waals surface area contributed by atoms with Gasteiger partial charge < -0.3 is 10.5 Å². The van der Waals surface area contributed by atoms with Crippen molar-refractivity contribution in [2.75, 3.05) is 6.54 Å². The Kier molecular flexibility index (Phi) is 3.64. The van der Waals surface area contributed by atoms with Gasteiger partial charge in [0.15, 0.2) is 0 Å². The summed E-state index contributed by atoms with van der Waals surface area (Å²) >= 11 is 0. The van der Waals surface area contributed by atoms with Gasteiger partial charge >= 0.3 is 0 Å².